The number of piperidine rings is 1. The quantitative estimate of drug-likeness (QED) is 0.703. The van der Waals surface area contributed by atoms with E-state index in [2.05, 4.69) is 5.32 Å². The molecule has 9 heteroatoms. The average Bonchev–Trinajstić information content (AvgIpc) is 3.28. The van der Waals surface area contributed by atoms with Crippen molar-refractivity contribution in [2.45, 2.75) is 37.1 Å². The molecule has 2 aliphatic heterocycles. The molecule has 0 spiro atoms. The molecule has 2 fully saturated rings. The Morgan fingerprint density at radius 1 is 1.06 bits per heavy atom. The van der Waals surface area contributed by atoms with Gasteiger partial charge in [0.25, 0.3) is 0 Å². The first-order valence-electron chi connectivity index (χ1n) is 11.1. The molecule has 0 atom stereocenters. The average molecular weight is 467 g/mol. The van der Waals surface area contributed by atoms with Crippen molar-refractivity contribution in [3.63, 3.8) is 0 Å². The molecule has 2 aromatic rings. The van der Waals surface area contributed by atoms with Crippen LogP contribution in [-0.2, 0) is 26.2 Å². The van der Waals surface area contributed by atoms with Gasteiger partial charge in [-0.25, -0.2) is 8.42 Å². The number of nitrogens with one attached hydrogen (secondary N) is 1. The number of amides is 2. The molecule has 8 nitrogen and oxygen atoms in total. The number of sulfonamides is 1. The van der Waals surface area contributed by atoms with E-state index in [4.69, 9.17) is 0 Å². The summed E-state index contributed by atoms with van der Waals surface area (Å²) < 4.78 is 27.2. The van der Waals surface area contributed by atoms with E-state index in [-0.39, 0.29) is 41.3 Å². The monoisotopic (exact) mass is 466 g/mol. The lowest BCUT2D eigenvalue weighted by atomic mass is 9.97. The van der Waals surface area contributed by atoms with E-state index in [0.29, 0.717) is 25.8 Å². The lowest BCUT2D eigenvalue weighted by Gasteiger charge is -2.30. The minimum absolute atomic E-state index is 0.00878. The van der Waals surface area contributed by atoms with Gasteiger partial charge in [-0.3, -0.25) is 9.59 Å². The Kier molecular flexibility index (Phi) is 6.77. The van der Waals surface area contributed by atoms with Crippen LogP contribution in [0.15, 0.2) is 53.4 Å². The van der Waals surface area contributed by atoms with Crippen LogP contribution >= 0.6 is 0 Å². The van der Waals surface area contributed by atoms with Crippen molar-refractivity contribution in [2.75, 3.05) is 24.5 Å². The highest BCUT2D eigenvalue weighted by molar-refractivity contribution is 7.89. The van der Waals surface area contributed by atoms with Crippen molar-refractivity contribution in [1.29, 1.82) is 5.26 Å². The number of carbonyl (C=O) groups is 2. The third-order valence-corrected chi connectivity index (χ3v) is 8.20. The zero-order valence-electron chi connectivity index (χ0n) is 18.2. The molecular weight excluding hydrogens is 440 g/mol. The second kappa shape index (κ2) is 9.73. The van der Waals surface area contributed by atoms with Gasteiger partial charge in [0.05, 0.1) is 10.5 Å². The second-order valence-electron chi connectivity index (χ2n) is 8.32. The number of anilines is 1. The molecule has 0 aromatic heterocycles. The van der Waals surface area contributed by atoms with Gasteiger partial charge in [0.1, 0.15) is 6.07 Å². The first kappa shape index (κ1) is 23.0. The predicted molar refractivity (Wildman–Crippen MR) is 123 cm³/mol. The Bertz CT molecular complexity index is 1180. The van der Waals surface area contributed by atoms with Crippen LogP contribution in [-0.4, -0.2) is 44.2 Å². The summed E-state index contributed by atoms with van der Waals surface area (Å²) in [6, 6.07) is 15.7. The van der Waals surface area contributed by atoms with Crippen molar-refractivity contribution < 1.29 is 18.0 Å². The van der Waals surface area contributed by atoms with E-state index in [9.17, 15) is 23.3 Å². The maximum atomic E-state index is 12.9. The summed E-state index contributed by atoms with van der Waals surface area (Å²) in [5.41, 5.74) is 1.93. The van der Waals surface area contributed by atoms with Gasteiger partial charge in [0.15, 0.2) is 0 Å². The smallest absolute Gasteiger partial charge is 0.244 e. The molecule has 2 saturated heterocycles. The fourth-order valence-corrected chi connectivity index (χ4v) is 5.94. The number of rotatable bonds is 6. The summed E-state index contributed by atoms with van der Waals surface area (Å²) in [6.07, 6.45) is 2.32. The summed E-state index contributed by atoms with van der Waals surface area (Å²) in [6.45, 7) is 1.59. The summed E-state index contributed by atoms with van der Waals surface area (Å²) in [7, 11) is -3.77. The van der Waals surface area contributed by atoms with Crippen molar-refractivity contribution in [3.8, 4) is 6.07 Å². The Balaban J connectivity index is 1.30. The normalized spacial score (nSPS) is 17.7. The van der Waals surface area contributed by atoms with Crippen LogP contribution in [0.25, 0.3) is 0 Å². The molecule has 2 heterocycles. The Morgan fingerprint density at radius 2 is 1.76 bits per heavy atom. The first-order valence-corrected chi connectivity index (χ1v) is 12.5. The Labute approximate surface area is 193 Å². The molecule has 0 radical (unpaired) electrons. The summed E-state index contributed by atoms with van der Waals surface area (Å²) in [5, 5.41) is 12.2. The van der Waals surface area contributed by atoms with Gasteiger partial charge in [-0.2, -0.15) is 9.57 Å². The number of hydrogen-bond acceptors (Lipinski definition) is 5. The minimum atomic E-state index is -3.77. The van der Waals surface area contributed by atoms with Crippen molar-refractivity contribution in [2.24, 2.45) is 5.92 Å². The molecule has 1 N–H and O–H groups in total. The fourth-order valence-electron chi connectivity index (χ4n) is 4.33. The lowest BCUT2D eigenvalue weighted by molar-refractivity contribution is -0.126. The SMILES string of the molecule is N#Cc1ccccc1S(=O)(=O)N1CCC(C(=O)NCc2ccc(N3CCCC3=O)cc2)CC1. The minimum Gasteiger partial charge on any atom is -0.352 e. The molecule has 2 aromatic carbocycles. The topological polar surface area (TPSA) is 111 Å². The van der Waals surface area contributed by atoms with Crippen LogP contribution in [0.1, 0.15) is 36.8 Å². The highest BCUT2D eigenvalue weighted by atomic mass is 32.2. The number of nitrogens with zero attached hydrogens (tertiary/aromatic N) is 3. The molecule has 0 bridgehead atoms. The largest absolute Gasteiger partial charge is 0.352 e. The summed E-state index contributed by atoms with van der Waals surface area (Å²) in [5.74, 6) is -0.215. The molecular formula is C24H26N4O4S. The molecule has 0 unspecified atom stereocenters. The van der Waals surface area contributed by atoms with E-state index in [0.717, 1.165) is 24.2 Å². The summed E-state index contributed by atoms with van der Waals surface area (Å²) >= 11 is 0. The van der Waals surface area contributed by atoms with E-state index >= 15 is 0 Å². The van der Waals surface area contributed by atoms with Gasteiger partial charge in [-0.05, 0) is 49.1 Å². The first-order chi connectivity index (χ1) is 15.9. The third kappa shape index (κ3) is 4.92. The highest BCUT2D eigenvalue weighted by Crippen LogP contribution is 2.26. The maximum absolute atomic E-state index is 12.9. The van der Waals surface area contributed by atoms with Gasteiger partial charge in [0.2, 0.25) is 21.8 Å². The Morgan fingerprint density at radius 3 is 2.39 bits per heavy atom. The van der Waals surface area contributed by atoms with E-state index in [1.54, 1.807) is 17.0 Å². The molecule has 4 rings (SSSR count). The number of hydrogen-bond donors (Lipinski definition) is 1. The molecule has 172 valence electrons. The molecule has 33 heavy (non-hydrogen) atoms. The van der Waals surface area contributed by atoms with Gasteiger partial charge in [0, 0.05) is 44.2 Å². The van der Waals surface area contributed by atoms with Crippen LogP contribution < -0.4 is 10.2 Å². The maximum Gasteiger partial charge on any atom is 0.244 e. The standard InChI is InChI=1S/C24H26N4O4S/c25-16-20-4-1-2-5-22(20)33(31,32)27-14-11-19(12-15-27)24(30)26-17-18-7-9-21(10-8-18)28-13-3-6-23(28)29/h1-2,4-5,7-10,19H,3,6,11-15,17H2,(H,26,30). The molecule has 2 amide bonds. The predicted octanol–water partition coefficient (Wildman–Crippen LogP) is 2.40. The van der Waals surface area contributed by atoms with Crippen LogP contribution in [0.4, 0.5) is 5.69 Å². The van der Waals surface area contributed by atoms with Crippen LogP contribution in [0, 0.1) is 17.2 Å². The zero-order chi connectivity index (χ0) is 23.4. The highest BCUT2D eigenvalue weighted by Gasteiger charge is 2.33. The van der Waals surface area contributed by atoms with Crippen LogP contribution in [0.5, 0.6) is 0 Å². The van der Waals surface area contributed by atoms with Crippen molar-refractivity contribution in [3.05, 3.63) is 59.7 Å². The van der Waals surface area contributed by atoms with Crippen molar-refractivity contribution in [1.82, 2.24) is 9.62 Å². The van der Waals surface area contributed by atoms with Crippen LogP contribution in [0.2, 0.25) is 0 Å². The molecule has 0 aliphatic carbocycles. The van der Waals surface area contributed by atoms with Crippen molar-refractivity contribution >= 4 is 27.5 Å². The summed E-state index contributed by atoms with van der Waals surface area (Å²) in [4.78, 5) is 26.3. The van der Waals surface area contributed by atoms with E-state index in [1.165, 1.54) is 16.4 Å². The number of carbonyl (C=O) groups excluding carboxylic acids is 2. The lowest BCUT2D eigenvalue weighted by Crippen LogP contribution is -2.43. The third-order valence-electron chi connectivity index (χ3n) is 6.24. The number of nitriles is 1. The van der Waals surface area contributed by atoms with E-state index in [1.807, 2.05) is 30.3 Å². The molecule has 0 saturated carbocycles. The van der Waals surface area contributed by atoms with Gasteiger partial charge >= 0.3 is 0 Å². The van der Waals surface area contributed by atoms with Crippen LogP contribution in [0.3, 0.4) is 0 Å². The van der Waals surface area contributed by atoms with Gasteiger partial charge < -0.3 is 10.2 Å². The van der Waals surface area contributed by atoms with Gasteiger partial charge in [-0.15, -0.1) is 0 Å². The van der Waals surface area contributed by atoms with Gasteiger partial charge in [-0.1, -0.05) is 24.3 Å². The second-order valence-corrected chi connectivity index (χ2v) is 10.2. The van der Waals surface area contributed by atoms with E-state index < -0.39 is 10.0 Å². The molecule has 2 aliphatic rings. The fraction of sp³-hybridized carbons (Fsp3) is 0.375. The zero-order valence-corrected chi connectivity index (χ0v) is 19.1. The number of benzene rings is 2. The Hall–Kier alpha value is -3.22.